The summed E-state index contributed by atoms with van der Waals surface area (Å²) in [6.45, 7) is -0.389. The summed E-state index contributed by atoms with van der Waals surface area (Å²) >= 11 is 0. The molecule has 7 heteroatoms. The smallest absolute Gasteiger partial charge is 0.549 e. The van der Waals surface area contributed by atoms with E-state index in [-0.39, 0.29) is 71.2 Å². The predicted octanol–water partition coefficient (Wildman–Crippen LogP) is -8.25. The summed E-state index contributed by atoms with van der Waals surface area (Å²) in [6.07, 6.45) is 0. The molecule has 0 bridgehead atoms. The first-order chi connectivity index (χ1) is 6.57. The fourth-order valence-corrected chi connectivity index (χ4v) is 0.574. The van der Waals surface area contributed by atoms with E-state index in [0.717, 1.165) is 0 Å². The zero-order valence-corrected chi connectivity index (χ0v) is 13.3. The van der Waals surface area contributed by atoms with Crippen LogP contribution in [0.4, 0.5) is 0 Å². The molecule has 0 unspecified atom stereocenters. The van der Waals surface area contributed by atoms with Gasteiger partial charge in [0, 0.05) is 6.54 Å². The maximum absolute atomic E-state index is 10.1. The van der Waals surface area contributed by atoms with E-state index in [1.807, 2.05) is 0 Å². The summed E-state index contributed by atoms with van der Waals surface area (Å²) in [4.78, 5) is 19.2. The molecule has 0 aromatic heterocycles. The van der Waals surface area contributed by atoms with Crippen molar-refractivity contribution in [1.29, 1.82) is 0 Å². The molecule has 76 valence electrons. The summed E-state index contributed by atoms with van der Waals surface area (Å²) < 4.78 is 0. The van der Waals surface area contributed by atoms with Crippen LogP contribution >= 0.6 is 0 Å². The fourth-order valence-electron chi connectivity index (χ4n) is 0.574. The third-order valence-corrected chi connectivity index (χ3v) is 1.18. The van der Waals surface area contributed by atoms with E-state index in [4.69, 9.17) is 9.90 Å². The molecule has 0 radical (unpaired) electrons. The van der Waals surface area contributed by atoms with Crippen molar-refractivity contribution in [3.05, 3.63) is 35.9 Å². The number of carbonyl (C=O) groups excluding carboxylic acids is 2. The van der Waals surface area contributed by atoms with Crippen LogP contribution in [0.3, 0.4) is 0 Å². The number of aromatic carboxylic acids is 1. The second kappa shape index (κ2) is 13.2. The molecule has 0 saturated heterocycles. The summed E-state index contributed by atoms with van der Waals surface area (Å²) in [5.74, 6) is -2.35. The molecule has 0 spiro atoms. The number of hydrogen-bond donors (Lipinski definition) is 1. The zero-order valence-electron chi connectivity index (χ0n) is 9.30. The maximum Gasteiger partial charge on any atom is 1.00 e. The number of hydrogen-bond acceptors (Lipinski definition) is 5. The van der Waals surface area contributed by atoms with Gasteiger partial charge in [-0.3, -0.25) is 0 Å². The summed E-state index contributed by atoms with van der Waals surface area (Å²) in [7, 11) is 0. The molecule has 0 saturated carbocycles. The minimum Gasteiger partial charge on any atom is -0.549 e. The van der Waals surface area contributed by atoms with Gasteiger partial charge in [-0.15, -0.1) is 0 Å². The van der Waals surface area contributed by atoms with Crippen molar-refractivity contribution in [3.8, 4) is 0 Å². The molecule has 1 aromatic rings. The van der Waals surface area contributed by atoms with Crippen LogP contribution in [0.5, 0.6) is 0 Å². The molecule has 0 amide bonds. The Morgan fingerprint density at radius 3 is 1.62 bits per heavy atom. The molecule has 5 nitrogen and oxygen atoms in total. The molecule has 0 aliphatic carbocycles. The van der Waals surface area contributed by atoms with Crippen molar-refractivity contribution < 1.29 is 78.9 Å². The van der Waals surface area contributed by atoms with Crippen molar-refractivity contribution >= 4 is 11.9 Å². The molecule has 0 fully saturated rings. The van der Waals surface area contributed by atoms with Gasteiger partial charge >= 0.3 is 59.1 Å². The predicted molar refractivity (Wildman–Crippen MR) is 44.8 cm³/mol. The van der Waals surface area contributed by atoms with Crippen molar-refractivity contribution in [1.82, 2.24) is 0 Å². The summed E-state index contributed by atoms with van der Waals surface area (Å²) in [5.41, 5.74) is 4.73. The summed E-state index contributed by atoms with van der Waals surface area (Å²) in [6, 6.07) is 8.06. The van der Waals surface area contributed by atoms with Gasteiger partial charge in [0.05, 0.1) is 11.9 Å². The molecular formula is C9H9NNa2O4. The topological polar surface area (TPSA) is 106 Å². The second-order valence-corrected chi connectivity index (χ2v) is 2.23. The third-order valence-electron chi connectivity index (χ3n) is 1.18. The standard InChI is InChI=1S/C7H6O2.C2H5NO2.2Na/c8-7(9)6-4-2-1-3-5-6;3-1-2(4)5;;/h1-5H,(H,8,9);1,3H2,(H,4,5);;/q;;2*+1/p-2. The second-order valence-electron chi connectivity index (χ2n) is 2.23. The quantitative estimate of drug-likeness (QED) is 0.517. The first kappa shape index (κ1) is 21.4. The monoisotopic (exact) mass is 241 g/mol. The SMILES string of the molecule is NCC(=O)[O-].O=C([O-])c1ccccc1.[Na+].[Na+]. The number of aliphatic carboxylic acids is 1. The average molecular weight is 241 g/mol. The van der Waals surface area contributed by atoms with Crippen LogP contribution in [0.2, 0.25) is 0 Å². The Bertz CT molecular complexity index is 306. The maximum atomic E-state index is 10.1. The van der Waals surface area contributed by atoms with Gasteiger partial charge < -0.3 is 25.5 Å². The Morgan fingerprint density at radius 2 is 1.44 bits per heavy atom. The van der Waals surface area contributed by atoms with Crippen molar-refractivity contribution in [2.45, 2.75) is 0 Å². The molecule has 1 aromatic carbocycles. The van der Waals surface area contributed by atoms with E-state index in [1.54, 1.807) is 18.2 Å². The van der Waals surface area contributed by atoms with E-state index in [9.17, 15) is 9.90 Å². The Kier molecular flexibility index (Phi) is 17.6. The van der Waals surface area contributed by atoms with E-state index >= 15 is 0 Å². The summed E-state index contributed by atoms with van der Waals surface area (Å²) in [5, 5.41) is 19.2. The minimum atomic E-state index is -1.22. The average Bonchev–Trinajstić information content (AvgIpc) is 2.20. The van der Waals surface area contributed by atoms with Crippen molar-refractivity contribution in [3.63, 3.8) is 0 Å². The number of carbonyl (C=O) groups is 2. The van der Waals surface area contributed by atoms with Gasteiger partial charge in [-0.2, -0.15) is 0 Å². The molecule has 0 heterocycles. The van der Waals surface area contributed by atoms with E-state index < -0.39 is 11.9 Å². The Morgan fingerprint density at radius 1 is 1.06 bits per heavy atom. The molecular weight excluding hydrogens is 232 g/mol. The van der Waals surface area contributed by atoms with Crippen LogP contribution in [-0.2, 0) is 4.79 Å². The van der Waals surface area contributed by atoms with Crippen LogP contribution in [0, 0.1) is 0 Å². The van der Waals surface area contributed by atoms with E-state index in [1.165, 1.54) is 12.1 Å². The van der Waals surface area contributed by atoms with Gasteiger partial charge in [-0.1, -0.05) is 30.3 Å². The Labute approximate surface area is 138 Å². The number of benzene rings is 1. The minimum absolute atomic E-state index is 0. The van der Waals surface area contributed by atoms with Gasteiger partial charge in [0.25, 0.3) is 0 Å². The Balaban J connectivity index is -0.000000214. The molecule has 0 aliphatic heterocycles. The zero-order chi connectivity index (χ0) is 11.0. The number of rotatable bonds is 2. The van der Waals surface area contributed by atoms with Crippen LogP contribution in [0.1, 0.15) is 10.4 Å². The molecule has 0 atom stereocenters. The first-order valence-corrected chi connectivity index (χ1v) is 3.74. The van der Waals surface area contributed by atoms with E-state index in [2.05, 4.69) is 5.73 Å². The van der Waals surface area contributed by atoms with Crippen molar-refractivity contribution in [2.75, 3.05) is 6.54 Å². The van der Waals surface area contributed by atoms with Crippen molar-refractivity contribution in [2.24, 2.45) is 5.73 Å². The van der Waals surface area contributed by atoms with Gasteiger partial charge in [-0.05, 0) is 5.56 Å². The largest absolute Gasteiger partial charge is 1.00 e. The van der Waals surface area contributed by atoms with E-state index in [0.29, 0.717) is 0 Å². The normalized spacial score (nSPS) is 7.31. The number of nitrogens with two attached hydrogens (primary N) is 1. The number of carboxylic acids is 2. The fraction of sp³-hybridized carbons (Fsp3) is 0.111. The van der Waals surface area contributed by atoms with Gasteiger partial charge in [0.1, 0.15) is 0 Å². The van der Waals surface area contributed by atoms with Crippen LogP contribution < -0.4 is 75.1 Å². The molecule has 2 N–H and O–H groups in total. The van der Waals surface area contributed by atoms with Crippen LogP contribution in [-0.4, -0.2) is 18.5 Å². The van der Waals surface area contributed by atoms with Crippen LogP contribution in [0.25, 0.3) is 0 Å². The molecule has 1 rings (SSSR count). The molecule has 16 heavy (non-hydrogen) atoms. The first-order valence-electron chi connectivity index (χ1n) is 3.74. The van der Waals surface area contributed by atoms with Gasteiger partial charge in [0.2, 0.25) is 0 Å². The van der Waals surface area contributed by atoms with Crippen LogP contribution in [0.15, 0.2) is 30.3 Å². The Hall–Kier alpha value is 0.120. The third kappa shape index (κ3) is 12.2. The van der Waals surface area contributed by atoms with Gasteiger partial charge in [-0.25, -0.2) is 0 Å². The molecule has 0 aliphatic rings. The van der Waals surface area contributed by atoms with Gasteiger partial charge in [0.15, 0.2) is 0 Å². The number of carboxylic acid groups (broad SMARTS) is 2.